The van der Waals surface area contributed by atoms with E-state index in [0.29, 0.717) is 29.7 Å². The fourth-order valence-electron chi connectivity index (χ4n) is 2.80. The number of nitrogens with zero attached hydrogens (tertiary/aromatic N) is 1. The lowest BCUT2D eigenvalue weighted by atomic mass is 10.0. The SMILES string of the molecule is Cc1ccc(S(=O)(=O)N2Cc3cc(CCl)c(CCl)cc3C2)cc1. The van der Waals surface area contributed by atoms with Gasteiger partial charge >= 0.3 is 0 Å². The molecule has 0 saturated carbocycles. The number of fused-ring (bicyclic) bond motifs is 1. The first-order chi connectivity index (χ1) is 11.0. The van der Waals surface area contributed by atoms with Gasteiger partial charge in [0.15, 0.2) is 0 Å². The molecule has 0 saturated heterocycles. The quantitative estimate of drug-likeness (QED) is 0.758. The molecule has 0 aliphatic carbocycles. The molecular formula is C17H17Cl2NO2S. The van der Waals surface area contributed by atoms with Crippen LogP contribution in [0.1, 0.15) is 27.8 Å². The lowest BCUT2D eigenvalue weighted by molar-refractivity contribution is 0.431. The third-order valence-corrected chi connectivity index (χ3v) is 6.54. The van der Waals surface area contributed by atoms with Gasteiger partial charge in [0.2, 0.25) is 10.0 Å². The first-order valence-electron chi connectivity index (χ1n) is 7.28. The zero-order valence-corrected chi connectivity index (χ0v) is 15.0. The molecule has 0 atom stereocenters. The molecule has 122 valence electrons. The lowest BCUT2D eigenvalue weighted by Crippen LogP contribution is -2.25. The maximum atomic E-state index is 12.8. The molecule has 0 bridgehead atoms. The maximum absolute atomic E-state index is 12.8. The summed E-state index contributed by atoms with van der Waals surface area (Å²) < 4.78 is 27.1. The second-order valence-electron chi connectivity index (χ2n) is 5.74. The molecule has 6 heteroatoms. The van der Waals surface area contributed by atoms with Gasteiger partial charge in [0, 0.05) is 24.8 Å². The minimum absolute atomic E-state index is 0.325. The molecule has 23 heavy (non-hydrogen) atoms. The van der Waals surface area contributed by atoms with Crippen LogP contribution in [0.5, 0.6) is 0 Å². The van der Waals surface area contributed by atoms with Gasteiger partial charge in [-0.25, -0.2) is 8.42 Å². The molecule has 0 spiro atoms. The van der Waals surface area contributed by atoms with Crippen LogP contribution in [0, 0.1) is 6.92 Å². The molecular weight excluding hydrogens is 353 g/mol. The van der Waals surface area contributed by atoms with E-state index >= 15 is 0 Å². The molecule has 0 aromatic heterocycles. The summed E-state index contributed by atoms with van der Waals surface area (Å²) in [7, 11) is -3.49. The second-order valence-corrected chi connectivity index (χ2v) is 8.22. The van der Waals surface area contributed by atoms with Crippen molar-refractivity contribution in [2.75, 3.05) is 0 Å². The van der Waals surface area contributed by atoms with Crippen LogP contribution in [0.4, 0.5) is 0 Å². The average Bonchev–Trinajstić information content (AvgIpc) is 2.97. The van der Waals surface area contributed by atoms with E-state index in [0.717, 1.165) is 27.8 Å². The Kier molecular flexibility index (Phi) is 4.70. The molecule has 0 unspecified atom stereocenters. The summed E-state index contributed by atoms with van der Waals surface area (Å²) in [6.45, 7) is 2.68. The summed E-state index contributed by atoms with van der Waals surface area (Å²) in [6, 6.07) is 10.9. The number of halogens is 2. The summed E-state index contributed by atoms with van der Waals surface area (Å²) in [4.78, 5) is 0.325. The molecule has 1 aliphatic rings. The Labute approximate surface area is 146 Å². The summed E-state index contributed by atoms with van der Waals surface area (Å²) in [5.41, 5.74) is 4.98. The van der Waals surface area contributed by atoms with Crippen molar-refractivity contribution in [3.63, 3.8) is 0 Å². The minimum atomic E-state index is -3.49. The Morgan fingerprint density at radius 2 is 1.43 bits per heavy atom. The van der Waals surface area contributed by atoms with Crippen LogP contribution in [-0.4, -0.2) is 12.7 Å². The highest BCUT2D eigenvalue weighted by Crippen LogP contribution is 2.31. The number of aryl methyl sites for hydroxylation is 1. The molecule has 1 aliphatic heterocycles. The van der Waals surface area contributed by atoms with E-state index in [4.69, 9.17) is 23.2 Å². The second kappa shape index (κ2) is 6.44. The Hall–Kier alpha value is -1.07. The first-order valence-corrected chi connectivity index (χ1v) is 9.79. The first kappa shape index (κ1) is 16.8. The number of sulfonamides is 1. The van der Waals surface area contributed by atoms with Crippen molar-refractivity contribution in [3.8, 4) is 0 Å². The van der Waals surface area contributed by atoms with E-state index in [1.807, 2.05) is 31.2 Å². The number of rotatable bonds is 4. The predicted octanol–water partition coefficient (Wildman–Crippen LogP) is 4.18. The molecule has 2 aromatic rings. The average molecular weight is 370 g/mol. The van der Waals surface area contributed by atoms with Gasteiger partial charge in [-0.1, -0.05) is 29.8 Å². The Balaban J connectivity index is 1.93. The Morgan fingerprint density at radius 1 is 0.957 bits per heavy atom. The van der Waals surface area contributed by atoms with E-state index in [1.165, 1.54) is 4.31 Å². The molecule has 0 fully saturated rings. The van der Waals surface area contributed by atoms with Crippen LogP contribution in [0.2, 0.25) is 0 Å². The van der Waals surface area contributed by atoms with Crippen molar-refractivity contribution in [3.05, 3.63) is 64.2 Å². The molecule has 0 N–H and O–H groups in total. The third kappa shape index (κ3) is 3.13. The van der Waals surface area contributed by atoms with Crippen LogP contribution in [0.15, 0.2) is 41.3 Å². The van der Waals surface area contributed by atoms with Gasteiger partial charge in [-0.05, 0) is 41.3 Å². The maximum Gasteiger partial charge on any atom is 0.243 e. The van der Waals surface area contributed by atoms with Gasteiger partial charge in [-0.3, -0.25) is 0 Å². The summed E-state index contributed by atoms with van der Waals surface area (Å²) >= 11 is 11.9. The highest BCUT2D eigenvalue weighted by Gasteiger charge is 2.31. The van der Waals surface area contributed by atoms with E-state index in [2.05, 4.69) is 0 Å². The van der Waals surface area contributed by atoms with Gasteiger partial charge in [-0.15, -0.1) is 23.2 Å². The standard InChI is InChI=1S/C17H17Cl2NO2S/c1-12-2-4-17(5-3-12)23(21,22)20-10-15-6-13(8-18)14(9-19)7-16(15)11-20/h2-7H,8-11H2,1H3. The van der Waals surface area contributed by atoms with E-state index < -0.39 is 10.0 Å². The lowest BCUT2D eigenvalue weighted by Gasteiger charge is -2.15. The van der Waals surface area contributed by atoms with Gasteiger partial charge in [-0.2, -0.15) is 4.31 Å². The Morgan fingerprint density at radius 3 is 1.87 bits per heavy atom. The van der Waals surface area contributed by atoms with Gasteiger partial charge in [0.25, 0.3) is 0 Å². The molecule has 1 heterocycles. The van der Waals surface area contributed by atoms with Crippen molar-refractivity contribution >= 4 is 33.2 Å². The van der Waals surface area contributed by atoms with Crippen LogP contribution in [0.3, 0.4) is 0 Å². The number of alkyl halides is 2. The van der Waals surface area contributed by atoms with Crippen molar-refractivity contribution in [1.29, 1.82) is 0 Å². The molecule has 0 radical (unpaired) electrons. The monoisotopic (exact) mass is 369 g/mol. The van der Waals surface area contributed by atoms with Crippen molar-refractivity contribution in [1.82, 2.24) is 4.31 Å². The smallest absolute Gasteiger partial charge is 0.207 e. The number of benzene rings is 2. The van der Waals surface area contributed by atoms with Crippen molar-refractivity contribution < 1.29 is 8.42 Å². The minimum Gasteiger partial charge on any atom is -0.207 e. The zero-order chi connectivity index (χ0) is 16.6. The fourth-order valence-corrected chi connectivity index (χ4v) is 4.69. The van der Waals surface area contributed by atoms with Crippen LogP contribution in [0.25, 0.3) is 0 Å². The normalized spacial score (nSPS) is 14.9. The van der Waals surface area contributed by atoms with Crippen molar-refractivity contribution in [2.24, 2.45) is 0 Å². The summed E-state index contributed by atoms with van der Waals surface area (Å²) in [5, 5.41) is 0. The highest BCUT2D eigenvalue weighted by molar-refractivity contribution is 7.89. The van der Waals surface area contributed by atoms with Crippen LogP contribution >= 0.6 is 23.2 Å². The van der Waals surface area contributed by atoms with E-state index in [-0.39, 0.29) is 0 Å². The van der Waals surface area contributed by atoms with Gasteiger partial charge in [0.1, 0.15) is 0 Å². The van der Waals surface area contributed by atoms with Crippen molar-refractivity contribution in [2.45, 2.75) is 36.7 Å². The van der Waals surface area contributed by atoms with E-state index in [9.17, 15) is 8.42 Å². The van der Waals surface area contributed by atoms with Gasteiger partial charge in [0.05, 0.1) is 4.90 Å². The molecule has 2 aromatic carbocycles. The summed E-state index contributed by atoms with van der Waals surface area (Å²) in [5.74, 6) is 0.750. The Bertz CT molecular complexity index is 799. The predicted molar refractivity (Wildman–Crippen MR) is 93.2 cm³/mol. The fraction of sp³-hybridized carbons (Fsp3) is 0.294. The van der Waals surface area contributed by atoms with Gasteiger partial charge < -0.3 is 0 Å². The number of hydrogen-bond acceptors (Lipinski definition) is 2. The zero-order valence-electron chi connectivity index (χ0n) is 12.7. The van der Waals surface area contributed by atoms with Crippen LogP contribution in [-0.2, 0) is 34.9 Å². The number of hydrogen-bond donors (Lipinski definition) is 0. The van der Waals surface area contributed by atoms with E-state index in [1.54, 1.807) is 12.1 Å². The molecule has 3 rings (SSSR count). The third-order valence-electron chi connectivity index (χ3n) is 4.16. The summed E-state index contributed by atoms with van der Waals surface area (Å²) in [6.07, 6.45) is 0. The topological polar surface area (TPSA) is 37.4 Å². The highest BCUT2D eigenvalue weighted by atomic mass is 35.5. The van der Waals surface area contributed by atoms with Crippen LogP contribution < -0.4 is 0 Å². The molecule has 3 nitrogen and oxygen atoms in total. The molecule has 0 amide bonds. The largest absolute Gasteiger partial charge is 0.243 e.